The number of aromatic carboxylic acids is 1. The van der Waals surface area contributed by atoms with Crippen LogP contribution >= 0.6 is 0 Å². The molecule has 0 aliphatic heterocycles. The smallest absolute Gasteiger partial charge is 0.417 e. The second-order valence-corrected chi connectivity index (χ2v) is 5.45. The van der Waals surface area contributed by atoms with Crippen LogP contribution in [0.2, 0.25) is 0 Å². The molecule has 3 aromatic rings. The zero-order valence-corrected chi connectivity index (χ0v) is 13.1. The Labute approximate surface area is 141 Å². The number of hydrogen-bond donors (Lipinski definition) is 1. The Morgan fingerprint density at radius 2 is 1.88 bits per heavy atom. The van der Waals surface area contributed by atoms with Crippen molar-refractivity contribution >= 4 is 5.97 Å². The van der Waals surface area contributed by atoms with E-state index >= 15 is 0 Å². The van der Waals surface area contributed by atoms with Crippen LogP contribution in [0.15, 0.2) is 55.0 Å². The number of halogens is 3. The Hall–Kier alpha value is -3.09. The van der Waals surface area contributed by atoms with E-state index in [1.165, 1.54) is 48.3 Å². The number of pyridine rings is 1. The van der Waals surface area contributed by atoms with Gasteiger partial charge >= 0.3 is 12.1 Å². The van der Waals surface area contributed by atoms with Gasteiger partial charge in [-0.05, 0) is 30.7 Å². The lowest BCUT2D eigenvalue weighted by Crippen LogP contribution is -2.09. The van der Waals surface area contributed by atoms with Crippen LogP contribution < -0.4 is 0 Å². The van der Waals surface area contributed by atoms with E-state index in [0.29, 0.717) is 5.69 Å². The fourth-order valence-corrected chi connectivity index (χ4v) is 2.78. The van der Waals surface area contributed by atoms with Crippen molar-refractivity contribution in [3.05, 3.63) is 71.7 Å². The zero-order chi connectivity index (χ0) is 18.2. The lowest BCUT2D eigenvalue weighted by molar-refractivity contribution is -0.137. The minimum atomic E-state index is -4.56. The highest BCUT2D eigenvalue weighted by atomic mass is 19.4. The summed E-state index contributed by atoms with van der Waals surface area (Å²) in [4.78, 5) is 15.4. The summed E-state index contributed by atoms with van der Waals surface area (Å²) < 4.78 is 41.7. The second kappa shape index (κ2) is 6.08. The van der Waals surface area contributed by atoms with Crippen LogP contribution in [0.25, 0.3) is 16.9 Å². The summed E-state index contributed by atoms with van der Waals surface area (Å²) in [5, 5.41) is 9.38. The molecule has 0 saturated heterocycles. The maximum Gasteiger partial charge on any atom is 0.417 e. The number of carboxylic acid groups (broad SMARTS) is 1. The molecule has 128 valence electrons. The highest BCUT2D eigenvalue weighted by Crippen LogP contribution is 2.40. The Balaban J connectivity index is 2.36. The average molecular weight is 346 g/mol. The summed E-state index contributed by atoms with van der Waals surface area (Å²) >= 11 is 0. The monoisotopic (exact) mass is 346 g/mol. The molecular formula is C18H13F3N2O2. The largest absolute Gasteiger partial charge is 0.478 e. The third-order valence-corrected chi connectivity index (χ3v) is 3.90. The molecule has 0 bridgehead atoms. The molecule has 0 amide bonds. The minimum absolute atomic E-state index is 0.0594. The van der Waals surface area contributed by atoms with E-state index in [9.17, 15) is 23.1 Å². The van der Waals surface area contributed by atoms with Gasteiger partial charge in [0.2, 0.25) is 0 Å². The lowest BCUT2D eigenvalue weighted by atomic mass is 10.00. The van der Waals surface area contributed by atoms with Crippen LogP contribution in [-0.4, -0.2) is 20.6 Å². The fourth-order valence-electron chi connectivity index (χ4n) is 2.78. The highest BCUT2D eigenvalue weighted by molar-refractivity contribution is 5.92. The van der Waals surface area contributed by atoms with E-state index in [2.05, 4.69) is 4.98 Å². The molecule has 0 fully saturated rings. The van der Waals surface area contributed by atoms with Crippen molar-refractivity contribution in [3.63, 3.8) is 0 Å². The van der Waals surface area contributed by atoms with Crippen molar-refractivity contribution in [1.29, 1.82) is 0 Å². The zero-order valence-electron chi connectivity index (χ0n) is 13.1. The van der Waals surface area contributed by atoms with Crippen molar-refractivity contribution in [2.24, 2.45) is 0 Å². The van der Waals surface area contributed by atoms with Crippen molar-refractivity contribution in [2.45, 2.75) is 13.1 Å². The molecule has 3 rings (SSSR count). The standard InChI is InChI=1S/C18H13F3N2O2/c1-11-14(17(24)25)10-23(12-5-4-8-22-9-12)16(11)13-6-2-3-7-15(13)18(19,20)21/h2-10H,1H3,(H,24,25). The Morgan fingerprint density at radius 3 is 2.48 bits per heavy atom. The van der Waals surface area contributed by atoms with Gasteiger partial charge in [-0.25, -0.2) is 4.79 Å². The topological polar surface area (TPSA) is 55.1 Å². The van der Waals surface area contributed by atoms with Crippen LogP contribution in [0.5, 0.6) is 0 Å². The number of carbonyl (C=O) groups is 1. The number of aromatic nitrogens is 2. The van der Waals surface area contributed by atoms with Crippen molar-refractivity contribution in [3.8, 4) is 16.9 Å². The first kappa shape index (κ1) is 16.8. The quantitative estimate of drug-likeness (QED) is 0.756. The number of benzene rings is 1. The normalized spacial score (nSPS) is 11.5. The van der Waals surface area contributed by atoms with Gasteiger partial charge in [0.05, 0.1) is 28.7 Å². The SMILES string of the molecule is Cc1c(C(=O)O)cn(-c2cccnc2)c1-c1ccccc1C(F)(F)F. The number of carboxylic acids is 1. The van der Waals surface area contributed by atoms with Gasteiger partial charge < -0.3 is 9.67 Å². The molecule has 1 N–H and O–H groups in total. The Morgan fingerprint density at radius 1 is 1.16 bits per heavy atom. The van der Waals surface area contributed by atoms with E-state index in [1.807, 2.05) is 0 Å². The predicted molar refractivity (Wildman–Crippen MR) is 85.7 cm³/mol. The van der Waals surface area contributed by atoms with Gasteiger partial charge in [-0.2, -0.15) is 13.2 Å². The molecule has 0 saturated carbocycles. The molecular weight excluding hydrogens is 333 g/mol. The van der Waals surface area contributed by atoms with Gasteiger partial charge in [0.25, 0.3) is 0 Å². The van der Waals surface area contributed by atoms with Gasteiger partial charge in [-0.3, -0.25) is 4.98 Å². The summed E-state index contributed by atoms with van der Waals surface area (Å²) in [6, 6.07) is 8.39. The van der Waals surface area contributed by atoms with Crippen molar-refractivity contribution < 1.29 is 23.1 Å². The molecule has 0 spiro atoms. The molecule has 0 aliphatic rings. The van der Waals surface area contributed by atoms with Gasteiger partial charge in [0.1, 0.15) is 0 Å². The summed E-state index contributed by atoms with van der Waals surface area (Å²) in [6.45, 7) is 1.50. The van der Waals surface area contributed by atoms with Crippen LogP contribution in [0.3, 0.4) is 0 Å². The summed E-state index contributed by atoms with van der Waals surface area (Å²) in [5.74, 6) is -1.20. The molecule has 0 radical (unpaired) electrons. The van der Waals surface area contributed by atoms with E-state index in [0.717, 1.165) is 6.07 Å². The molecule has 2 heterocycles. The van der Waals surface area contributed by atoms with Crippen LogP contribution in [0, 0.1) is 6.92 Å². The molecule has 25 heavy (non-hydrogen) atoms. The number of rotatable bonds is 3. The number of alkyl halides is 3. The predicted octanol–water partition coefficient (Wildman–Crippen LogP) is 4.56. The third-order valence-electron chi connectivity index (χ3n) is 3.90. The van der Waals surface area contributed by atoms with Gasteiger partial charge in [-0.1, -0.05) is 18.2 Å². The Kier molecular flexibility index (Phi) is 4.08. The first-order chi connectivity index (χ1) is 11.8. The minimum Gasteiger partial charge on any atom is -0.478 e. The highest BCUT2D eigenvalue weighted by Gasteiger charge is 2.35. The van der Waals surface area contributed by atoms with Gasteiger partial charge in [0, 0.05) is 18.0 Å². The summed E-state index contributed by atoms with van der Waals surface area (Å²) in [7, 11) is 0. The van der Waals surface area contributed by atoms with Crippen LogP contribution in [0.1, 0.15) is 21.5 Å². The van der Waals surface area contributed by atoms with Crippen LogP contribution in [0.4, 0.5) is 13.2 Å². The molecule has 0 aliphatic carbocycles. The first-order valence-electron chi connectivity index (χ1n) is 7.33. The molecule has 1 aromatic carbocycles. The molecule has 2 aromatic heterocycles. The average Bonchev–Trinajstić information content (AvgIpc) is 2.92. The van der Waals surface area contributed by atoms with E-state index in [1.54, 1.807) is 12.1 Å². The fraction of sp³-hybridized carbons (Fsp3) is 0.111. The maximum atomic E-state index is 13.4. The summed E-state index contributed by atoms with van der Waals surface area (Å²) in [6.07, 6.45) is -0.250. The molecule has 4 nitrogen and oxygen atoms in total. The second-order valence-electron chi connectivity index (χ2n) is 5.45. The van der Waals surface area contributed by atoms with Crippen molar-refractivity contribution in [2.75, 3.05) is 0 Å². The first-order valence-corrected chi connectivity index (χ1v) is 7.33. The molecule has 0 atom stereocenters. The molecule has 7 heteroatoms. The number of nitrogens with zero attached hydrogens (tertiary/aromatic N) is 2. The maximum absolute atomic E-state index is 13.4. The summed E-state index contributed by atoms with van der Waals surface area (Å²) in [5.41, 5.74) is -0.0468. The van der Waals surface area contributed by atoms with Crippen LogP contribution in [-0.2, 0) is 6.18 Å². The third kappa shape index (κ3) is 3.00. The van der Waals surface area contributed by atoms with E-state index < -0.39 is 17.7 Å². The number of hydrogen-bond acceptors (Lipinski definition) is 2. The molecule has 0 unspecified atom stereocenters. The van der Waals surface area contributed by atoms with Crippen molar-refractivity contribution in [1.82, 2.24) is 9.55 Å². The van der Waals surface area contributed by atoms with Gasteiger partial charge in [-0.15, -0.1) is 0 Å². The lowest BCUT2D eigenvalue weighted by Gasteiger charge is -2.16. The van der Waals surface area contributed by atoms with E-state index in [4.69, 9.17) is 0 Å². The van der Waals surface area contributed by atoms with E-state index in [-0.39, 0.29) is 22.4 Å². The van der Waals surface area contributed by atoms with Gasteiger partial charge in [0.15, 0.2) is 0 Å². The Bertz CT molecular complexity index is 931.